The Kier molecular flexibility index (Phi) is 3.97. The Morgan fingerprint density at radius 1 is 1.12 bits per heavy atom. The molecule has 4 heteroatoms. The molecule has 0 bridgehead atoms. The third-order valence-corrected chi connectivity index (χ3v) is 4.40. The molecule has 1 heterocycles. The van der Waals surface area contributed by atoms with Crippen molar-refractivity contribution in [2.45, 2.75) is 26.8 Å². The number of nitrogens with one attached hydrogen (secondary N) is 1. The first-order chi connectivity index (χ1) is 11.4. The molecule has 122 valence electrons. The molecule has 1 N–H and O–H groups in total. The number of carbonyl (C=O) groups is 2. The van der Waals surface area contributed by atoms with Gasteiger partial charge in [0.25, 0.3) is 5.91 Å². The molecule has 0 spiro atoms. The Morgan fingerprint density at radius 2 is 1.79 bits per heavy atom. The van der Waals surface area contributed by atoms with Crippen molar-refractivity contribution in [1.29, 1.82) is 0 Å². The van der Waals surface area contributed by atoms with E-state index in [1.807, 2.05) is 50.2 Å². The number of nitrogens with zero attached hydrogens (tertiary/aromatic N) is 1. The first-order valence-corrected chi connectivity index (χ1v) is 7.90. The maximum atomic E-state index is 12.7. The Morgan fingerprint density at radius 3 is 2.46 bits per heavy atom. The summed E-state index contributed by atoms with van der Waals surface area (Å²) in [6.07, 6.45) is 0. The molecule has 1 aliphatic heterocycles. The summed E-state index contributed by atoms with van der Waals surface area (Å²) in [5, 5.41) is 2.92. The van der Waals surface area contributed by atoms with Crippen LogP contribution in [0.3, 0.4) is 0 Å². The van der Waals surface area contributed by atoms with Crippen LogP contribution in [0.15, 0.2) is 49.0 Å². The van der Waals surface area contributed by atoms with Crippen molar-refractivity contribution in [2.24, 2.45) is 0 Å². The molecule has 2 aromatic rings. The van der Waals surface area contributed by atoms with Crippen molar-refractivity contribution in [1.82, 2.24) is 4.90 Å². The highest BCUT2D eigenvalue weighted by molar-refractivity contribution is 6.12. The highest BCUT2D eigenvalue weighted by atomic mass is 16.2. The van der Waals surface area contributed by atoms with Crippen LogP contribution in [0.25, 0.3) is 5.70 Å². The van der Waals surface area contributed by atoms with Gasteiger partial charge in [0.2, 0.25) is 5.91 Å². The fraction of sp³-hybridized carbons (Fsp3) is 0.200. The fourth-order valence-corrected chi connectivity index (χ4v) is 2.94. The van der Waals surface area contributed by atoms with E-state index in [4.69, 9.17) is 0 Å². The number of aryl methyl sites for hydroxylation is 2. The smallest absolute Gasteiger partial charge is 0.259 e. The summed E-state index contributed by atoms with van der Waals surface area (Å²) in [7, 11) is 0. The molecule has 0 radical (unpaired) electrons. The van der Waals surface area contributed by atoms with Gasteiger partial charge in [0.1, 0.15) is 6.04 Å². The average molecular weight is 320 g/mol. The van der Waals surface area contributed by atoms with Crippen LogP contribution >= 0.6 is 0 Å². The molecular weight excluding hydrogens is 300 g/mol. The van der Waals surface area contributed by atoms with Gasteiger partial charge in [-0.05, 0) is 44.0 Å². The second kappa shape index (κ2) is 5.96. The molecule has 24 heavy (non-hydrogen) atoms. The van der Waals surface area contributed by atoms with Gasteiger partial charge in [-0.15, -0.1) is 0 Å². The molecule has 0 saturated heterocycles. The number of hydrogen-bond donors (Lipinski definition) is 1. The minimum atomic E-state index is -0.641. The summed E-state index contributed by atoms with van der Waals surface area (Å²) in [5.41, 5.74) is 4.76. The number of fused-ring (bicyclic) bond motifs is 1. The molecule has 1 unspecified atom stereocenters. The number of amides is 2. The van der Waals surface area contributed by atoms with Gasteiger partial charge in [-0.25, -0.2) is 0 Å². The highest BCUT2D eigenvalue weighted by Crippen LogP contribution is 2.33. The fourth-order valence-electron chi connectivity index (χ4n) is 2.94. The summed E-state index contributed by atoms with van der Waals surface area (Å²) in [6, 6.07) is 12.5. The third-order valence-electron chi connectivity index (χ3n) is 4.40. The summed E-state index contributed by atoms with van der Waals surface area (Å²) >= 11 is 0. The molecule has 0 aliphatic carbocycles. The summed E-state index contributed by atoms with van der Waals surface area (Å²) in [5.74, 6) is -0.412. The van der Waals surface area contributed by atoms with Gasteiger partial charge in [0, 0.05) is 22.5 Å². The lowest BCUT2D eigenvalue weighted by atomic mass is 10.1. The average Bonchev–Trinajstić information content (AvgIpc) is 2.82. The van der Waals surface area contributed by atoms with E-state index in [0.717, 1.165) is 22.4 Å². The molecule has 1 atom stereocenters. The van der Waals surface area contributed by atoms with Crippen LogP contribution < -0.4 is 5.32 Å². The summed E-state index contributed by atoms with van der Waals surface area (Å²) < 4.78 is 0. The third kappa shape index (κ3) is 2.60. The summed E-state index contributed by atoms with van der Waals surface area (Å²) in [4.78, 5) is 26.7. The second-order valence-electron chi connectivity index (χ2n) is 6.15. The number of rotatable bonds is 3. The van der Waals surface area contributed by atoms with E-state index >= 15 is 0 Å². The normalized spacial score (nSPS) is 14.5. The lowest BCUT2D eigenvalue weighted by molar-refractivity contribution is -0.119. The monoisotopic (exact) mass is 320 g/mol. The lowest BCUT2D eigenvalue weighted by Gasteiger charge is -2.25. The van der Waals surface area contributed by atoms with Gasteiger partial charge in [0.15, 0.2) is 0 Å². The van der Waals surface area contributed by atoms with Crippen molar-refractivity contribution in [3.63, 3.8) is 0 Å². The molecule has 4 nitrogen and oxygen atoms in total. The zero-order valence-electron chi connectivity index (χ0n) is 14.1. The molecule has 0 aromatic heterocycles. The van der Waals surface area contributed by atoms with Gasteiger partial charge >= 0.3 is 0 Å². The molecule has 0 saturated carbocycles. The maximum absolute atomic E-state index is 12.7. The van der Waals surface area contributed by atoms with E-state index < -0.39 is 6.04 Å². The van der Waals surface area contributed by atoms with Crippen LogP contribution in [0.5, 0.6) is 0 Å². The first kappa shape index (κ1) is 16.0. The number of anilines is 1. The lowest BCUT2D eigenvalue weighted by Crippen LogP contribution is -2.41. The standard InChI is InChI=1S/C20H20N2O2/c1-12-9-10-13(2)18(11-12)21-19(23)15(4)22-14(3)16-7-5-6-8-17(16)20(22)24/h5-11,15H,3H2,1-2,4H3,(H,21,23). The molecular formula is C20H20N2O2. The van der Waals surface area contributed by atoms with Gasteiger partial charge in [-0.2, -0.15) is 0 Å². The minimum Gasteiger partial charge on any atom is -0.324 e. The van der Waals surface area contributed by atoms with Crippen molar-refractivity contribution in [3.05, 3.63) is 71.3 Å². The largest absolute Gasteiger partial charge is 0.324 e. The number of hydrogen-bond acceptors (Lipinski definition) is 2. The van der Waals surface area contributed by atoms with Crippen LogP contribution in [0.1, 0.15) is 34.0 Å². The number of carbonyl (C=O) groups excluding carboxylic acids is 2. The predicted octanol–water partition coefficient (Wildman–Crippen LogP) is 3.76. The van der Waals surface area contributed by atoms with Crippen LogP contribution in [0.4, 0.5) is 5.69 Å². The maximum Gasteiger partial charge on any atom is 0.259 e. The summed E-state index contributed by atoms with van der Waals surface area (Å²) in [6.45, 7) is 9.63. The molecule has 2 aromatic carbocycles. The Bertz CT molecular complexity index is 819. The Hall–Kier alpha value is -2.88. The Labute approximate surface area is 141 Å². The zero-order valence-corrected chi connectivity index (χ0v) is 14.1. The van der Waals surface area contributed by atoms with E-state index in [1.54, 1.807) is 13.0 Å². The van der Waals surface area contributed by atoms with E-state index in [0.29, 0.717) is 11.3 Å². The van der Waals surface area contributed by atoms with Crippen LogP contribution in [0.2, 0.25) is 0 Å². The quantitative estimate of drug-likeness (QED) is 0.936. The van der Waals surface area contributed by atoms with E-state index in [-0.39, 0.29) is 11.8 Å². The van der Waals surface area contributed by atoms with Gasteiger partial charge in [-0.1, -0.05) is 36.9 Å². The van der Waals surface area contributed by atoms with Crippen LogP contribution in [-0.4, -0.2) is 22.8 Å². The SMILES string of the molecule is C=C1c2ccccc2C(=O)N1C(C)C(=O)Nc1cc(C)ccc1C. The molecule has 0 fully saturated rings. The van der Waals surface area contributed by atoms with Crippen LogP contribution in [0, 0.1) is 13.8 Å². The Balaban J connectivity index is 1.83. The predicted molar refractivity (Wildman–Crippen MR) is 95.7 cm³/mol. The minimum absolute atomic E-state index is 0.181. The van der Waals surface area contributed by atoms with Gasteiger partial charge < -0.3 is 5.32 Å². The number of benzene rings is 2. The topological polar surface area (TPSA) is 49.4 Å². The molecule has 1 aliphatic rings. The van der Waals surface area contributed by atoms with E-state index in [9.17, 15) is 9.59 Å². The van der Waals surface area contributed by atoms with Crippen LogP contribution in [-0.2, 0) is 4.79 Å². The first-order valence-electron chi connectivity index (χ1n) is 7.90. The molecule has 3 rings (SSSR count). The van der Waals surface area contributed by atoms with E-state index in [2.05, 4.69) is 11.9 Å². The zero-order chi connectivity index (χ0) is 17.4. The molecule has 2 amide bonds. The second-order valence-corrected chi connectivity index (χ2v) is 6.15. The van der Waals surface area contributed by atoms with Crippen molar-refractivity contribution in [3.8, 4) is 0 Å². The van der Waals surface area contributed by atoms with Gasteiger partial charge in [-0.3, -0.25) is 14.5 Å². The van der Waals surface area contributed by atoms with Crippen molar-refractivity contribution in [2.75, 3.05) is 5.32 Å². The highest BCUT2D eigenvalue weighted by Gasteiger charge is 2.36. The van der Waals surface area contributed by atoms with E-state index in [1.165, 1.54) is 4.90 Å². The van der Waals surface area contributed by atoms with Crippen molar-refractivity contribution >= 4 is 23.2 Å². The van der Waals surface area contributed by atoms with Crippen molar-refractivity contribution < 1.29 is 9.59 Å². The van der Waals surface area contributed by atoms with Gasteiger partial charge in [0.05, 0.1) is 0 Å².